The summed E-state index contributed by atoms with van der Waals surface area (Å²) in [6.07, 6.45) is 12.6. The van der Waals surface area contributed by atoms with E-state index in [1.54, 1.807) is 0 Å². The zero-order valence-corrected chi connectivity index (χ0v) is 14.5. The van der Waals surface area contributed by atoms with E-state index < -0.39 is 0 Å². The van der Waals surface area contributed by atoms with E-state index in [-0.39, 0.29) is 0 Å². The maximum absolute atomic E-state index is 12.1. The maximum Gasteiger partial charge on any atom is 0.137 e. The molecule has 21 heavy (non-hydrogen) atoms. The van der Waals surface area contributed by atoms with E-state index >= 15 is 0 Å². The van der Waals surface area contributed by atoms with Crippen LogP contribution in [0.25, 0.3) is 0 Å². The number of allylic oxidation sites excluding steroid dienone is 6. The molecule has 0 aromatic heterocycles. The van der Waals surface area contributed by atoms with Crippen LogP contribution < -0.4 is 0 Å². The minimum Gasteiger partial charge on any atom is -0.299 e. The molecule has 118 valence electrons. The molecule has 0 aliphatic heterocycles. The van der Waals surface area contributed by atoms with Gasteiger partial charge < -0.3 is 0 Å². The van der Waals surface area contributed by atoms with Crippen molar-refractivity contribution in [2.24, 2.45) is 11.8 Å². The summed E-state index contributed by atoms with van der Waals surface area (Å²) in [5.41, 5.74) is 4.16. The van der Waals surface area contributed by atoms with E-state index in [9.17, 15) is 4.79 Å². The average molecular weight is 288 g/mol. The van der Waals surface area contributed by atoms with Crippen LogP contribution in [0.5, 0.6) is 0 Å². The van der Waals surface area contributed by atoms with Crippen molar-refractivity contribution in [3.05, 3.63) is 34.9 Å². The van der Waals surface area contributed by atoms with Gasteiger partial charge in [-0.3, -0.25) is 4.79 Å². The van der Waals surface area contributed by atoms with Crippen molar-refractivity contribution >= 4 is 5.78 Å². The van der Waals surface area contributed by atoms with E-state index in [0.717, 1.165) is 32.1 Å². The van der Waals surface area contributed by atoms with Gasteiger partial charge in [-0.25, -0.2) is 0 Å². The largest absolute Gasteiger partial charge is 0.299 e. The van der Waals surface area contributed by atoms with Crippen LogP contribution in [0.15, 0.2) is 34.9 Å². The van der Waals surface area contributed by atoms with Crippen molar-refractivity contribution in [2.75, 3.05) is 0 Å². The Bertz CT molecular complexity index is 435. The Hall–Kier alpha value is -1.11. The molecule has 0 aromatic rings. The highest BCUT2D eigenvalue weighted by molar-refractivity contribution is 5.80. The van der Waals surface area contributed by atoms with Gasteiger partial charge in [0.1, 0.15) is 5.78 Å². The molecule has 0 bridgehead atoms. The Labute approximate surface area is 131 Å². The number of carbonyl (C=O) groups excluding carboxylic acids is 1. The topological polar surface area (TPSA) is 17.1 Å². The molecule has 1 unspecified atom stereocenters. The lowest BCUT2D eigenvalue weighted by atomic mass is 9.92. The van der Waals surface area contributed by atoms with Crippen molar-refractivity contribution < 1.29 is 4.79 Å². The fourth-order valence-electron chi connectivity index (χ4n) is 2.80. The van der Waals surface area contributed by atoms with Gasteiger partial charge >= 0.3 is 0 Å². The second-order valence-electron chi connectivity index (χ2n) is 7.06. The number of hydrogen-bond donors (Lipinski definition) is 0. The lowest BCUT2D eigenvalue weighted by Gasteiger charge is -2.13. The molecule has 0 spiro atoms. The van der Waals surface area contributed by atoms with Gasteiger partial charge in [0.05, 0.1) is 0 Å². The smallest absolute Gasteiger partial charge is 0.137 e. The molecular formula is C20H32O. The highest BCUT2D eigenvalue weighted by Gasteiger charge is 2.10. The SMILES string of the molecule is C/C1=C\CCC(C)CC(=O)C/C(C)=C/C=C(/C(C)C)CC1. The summed E-state index contributed by atoms with van der Waals surface area (Å²) in [5, 5.41) is 0. The van der Waals surface area contributed by atoms with Crippen molar-refractivity contribution in [3.8, 4) is 0 Å². The van der Waals surface area contributed by atoms with Gasteiger partial charge in [-0.15, -0.1) is 0 Å². The van der Waals surface area contributed by atoms with E-state index in [2.05, 4.69) is 52.8 Å². The maximum atomic E-state index is 12.1. The number of hydrogen-bond acceptors (Lipinski definition) is 1. The summed E-state index contributed by atoms with van der Waals surface area (Å²) >= 11 is 0. The summed E-state index contributed by atoms with van der Waals surface area (Å²) in [7, 11) is 0. The van der Waals surface area contributed by atoms with Gasteiger partial charge in [0.2, 0.25) is 0 Å². The first kappa shape index (κ1) is 17.9. The van der Waals surface area contributed by atoms with E-state index in [1.807, 2.05) is 0 Å². The Kier molecular flexibility index (Phi) is 7.71. The quantitative estimate of drug-likeness (QED) is 0.539. The van der Waals surface area contributed by atoms with Crippen molar-refractivity contribution in [1.29, 1.82) is 0 Å². The standard InChI is InChI=1S/C20H32O/c1-15(2)19-11-9-16(3)7-6-8-17(4)13-20(21)14-18(5)10-12-19/h7,10,12,15,17H,6,8-9,11,13-14H2,1-5H3/b16-7+,18-10+,19-12+. The molecule has 0 fully saturated rings. The second kappa shape index (κ2) is 9.02. The van der Waals surface area contributed by atoms with E-state index in [4.69, 9.17) is 0 Å². The molecule has 0 aromatic carbocycles. The van der Waals surface area contributed by atoms with Crippen LogP contribution in [0.3, 0.4) is 0 Å². The molecule has 1 heteroatoms. The molecule has 0 heterocycles. The van der Waals surface area contributed by atoms with Gasteiger partial charge in [-0.2, -0.15) is 0 Å². The minimum atomic E-state index is 0.383. The molecule has 1 rings (SSSR count). The molecule has 1 nitrogen and oxygen atoms in total. The van der Waals surface area contributed by atoms with Crippen molar-refractivity contribution in [2.45, 2.75) is 73.1 Å². The monoisotopic (exact) mass is 288 g/mol. The van der Waals surface area contributed by atoms with Crippen LogP contribution in [0, 0.1) is 11.8 Å². The zero-order chi connectivity index (χ0) is 15.8. The summed E-state index contributed by atoms with van der Waals surface area (Å²) in [6.45, 7) is 11.0. The second-order valence-corrected chi connectivity index (χ2v) is 7.06. The normalized spacial score (nSPS) is 30.7. The van der Waals surface area contributed by atoms with Crippen molar-refractivity contribution in [1.82, 2.24) is 0 Å². The zero-order valence-electron chi connectivity index (χ0n) is 14.5. The third-order valence-electron chi connectivity index (χ3n) is 4.34. The van der Waals surface area contributed by atoms with Crippen LogP contribution in [-0.4, -0.2) is 5.78 Å². The molecule has 0 saturated carbocycles. The Morgan fingerprint density at radius 3 is 2.48 bits per heavy atom. The molecule has 1 aliphatic rings. The molecular weight excluding hydrogens is 256 g/mol. The Balaban J connectivity index is 2.91. The third kappa shape index (κ3) is 7.45. The van der Waals surface area contributed by atoms with Gasteiger partial charge in [0.25, 0.3) is 0 Å². The number of rotatable bonds is 1. The van der Waals surface area contributed by atoms with Gasteiger partial charge in [-0.1, -0.05) is 55.7 Å². The highest BCUT2D eigenvalue weighted by Crippen LogP contribution is 2.22. The first-order valence-corrected chi connectivity index (χ1v) is 8.42. The highest BCUT2D eigenvalue weighted by atomic mass is 16.1. The minimum absolute atomic E-state index is 0.383. The van der Waals surface area contributed by atoms with Gasteiger partial charge in [0.15, 0.2) is 0 Å². The molecule has 1 aliphatic carbocycles. The number of Topliss-reactive ketones (excluding diaryl/α,β-unsaturated/α-hetero) is 1. The van der Waals surface area contributed by atoms with Gasteiger partial charge in [-0.05, 0) is 51.4 Å². The predicted octanol–water partition coefficient (Wildman–Crippen LogP) is 6.02. The fourth-order valence-corrected chi connectivity index (χ4v) is 2.80. The van der Waals surface area contributed by atoms with Crippen LogP contribution in [0.4, 0.5) is 0 Å². The summed E-state index contributed by atoms with van der Waals surface area (Å²) < 4.78 is 0. The van der Waals surface area contributed by atoms with Crippen LogP contribution in [0.1, 0.15) is 73.1 Å². The summed E-state index contributed by atoms with van der Waals surface area (Å²) in [6, 6.07) is 0. The summed E-state index contributed by atoms with van der Waals surface area (Å²) in [5.74, 6) is 1.46. The van der Waals surface area contributed by atoms with E-state index in [1.165, 1.54) is 16.7 Å². The number of ketones is 1. The summed E-state index contributed by atoms with van der Waals surface area (Å²) in [4.78, 5) is 12.1. The molecule has 0 saturated heterocycles. The van der Waals surface area contributed by atoms with Gasteiger partial charge in [0, 0.05) is 12.8 Å². The van der Waals surface area contributed by atoms with Crippen LogP contribution in [-0.2, 0) is 4.79 Å². The lowest BCUT2D eigenvalue weighted by molar-refractivity contribution is -0.119. The molecule has 0 amide bonds. The predicted molar refractivity (Wildman–Crippen MR) is 92.3 cm³/mol. The first-order chi connectivity index (χ1) is 9.88. The molecule has 1 atom stereocenters. The first-order valence-electron chi connectivity index (χ1n) is 8.42. The lowest BCUT2D eigenvalue weighted by Crippen LogP contribution is -2.06. The van der Waals surface area contributed by atoms with Crippen LogP contribution >= 0.6 is 0 Å². The Morgan fingerprint density at radius 1 is 1.10 bits per heavy atom. The third-order valence-corrected chi connectivity index (χ3v) is 4.34. The number of carbonyl (C=O) groups is 1. The van der Waals surface area contributed by atoms with Crippen molar-refractivity contribution in [3.63, 3.8) is 0 Å². The van der Waals surface area contributed by atoms with Crippen LogP contribution in [0.2, 0.25) is 0 Å². The fraction of sp³-hybridized carbons (Fsp3) is 0.650. The molecule has 0 radical (unpaired) electrons. The average Bonchev–Trinajstić information content (AvgIpc) is 2.36. The van der Waals surface area contributed by atoms with E-state index in [0.29, 0.717) is 24.0 Å². The molecule has 0 N–H and O–H groups in total. The Morgan fingerprint density at radius 2 is 1.81 bits per heavy atom.